The Hall–Kier alpha value is -1.72. The molecular formula is C43H78F2N2O2. The fraction of sp³-hybridized carbons (Fsp3) is 0.860. The molecule has 286 valence electrons. The molecule has 4 nitrogen and oxygen atoms in total. The van der Waals surface area contributed by atoms with Crippen molar-refractivity contribution in [2.45, 2.75) is 238 Å². The van der Waals surface area contributed by atoms with Gasteiger partial charge in [-0.1, -0.05) is 181 Å². The Morgan fingerprint density at radius 2 is 0.694 bits per heavy atom. The third kappa shape index (κ3) is 27.7. The standard InChI is InChI=1S/C43H78F2N2O2/c1-3-5-7-9-11-13-15-17-19-21-23-25-27-29-31-33-40(44)42(48)46-38-35-36-39(37-38)47-43(49)41(45)34-32-30-28-26-24-22-20-18-16-14-12-10-8-6-4-2/h33-34,38-39H,3-32,35-37H2,1-2H3,(H,46,48)(H,47,49)/b40-33-,41-34+/t38-,39+/m1/s1. The lowest BCUT2D eigenvalue weighted by molar-refractivity contribution is -0.119. The van der Waals surface area contributed by atoms with E-state index in [0.717, 1.165) is 25.7 Å². The van der Waals surface area contributed by atoms with E-state index in [9.17, 15) is 18.4 Å². The Kier molecular flexibility index (Phi) is 30.9. The number of halogens is 2. The Morgan fingerprint density at radius 1 is 0.449 bits per heavy atom. The molecule has 0 heterocycles. The topological polar surface area (TPSA) is 58.2 Å². The molecule has 0 unspecified atom stereocenters. The molecule has 0 aromatic rings. The lowest BCUT2D eigenvalue weighted by atomic mass is 10.0. The van der Waals surface area contributed by atoms with Gasteiger partial charge in [0.15, 0.2) is 11.7 Å². The molecule has 2 amide bonds. The van der Waals surface area contributed by atoms with E-state index in [1.54, 1.807) is 0 Å². The number of rotatable bonds is 34. The number of hydrogen-bond donors (Lipinski definition) is 2. The first-order chi connectivity index (χ1) is 24.0. The first-order valence-electron chi connectivity index (χ1n) is 21.3. The van der Waals surface area contributed by atoms with Gasteiger partial charge in [-0.3, -0.25) is 9.59 Å². The van der Waals surface area contributed by atoms with Crippen LogP contribution in [0, 0.1) is 0 Å². The maximum atomic E-state index is 14.4. The average Bonchev–Trinajstić information content (AvgIpc) is 3.54. The molecule has 0 radical (unpaired) electrons. The van der Waals surface area contributed by atoms with Gasteiger partial charge < -0.3 is 10.6 Å². The molecule has 0 aliphatic heterocycles. The molecule has 1 fully saturated rings. The monoisotopic (exact) mass is 693 g/mol. The fourth-order valence-corrected chi connectivity index (χ4v) is 7.07. The third-order valence-corrected chi connectivity index (χ3v) is 10.3. The minimum atomic E-state index is -0.723. The van der Waals surface area contributed by atoms with E-state index in [1.165, 1.54) is 166 Å². The van der Waals surface area contributed by atoms with Crippen molar-refractivity contribution in [3.8, 4) is 0 Å². The van der Waals surface area contributed by atoms with E-state index in [0.29, 0.717) is 32.1 Å². The van der Waals surface area contributed by atoms with Gasteiger partial charge in [-0.15, -0.1) is 0 Å². The van der Waals surface area contributed by atoms with E-state index < -0.39 is 23.5 Å². The largest absolute Gasteiger partial charge is 0.347 e. The highest BCUT2D eigenvalue weighted by Gasteiger charge is 2.28. The van der Waals surface area contributed by atoms with Crippen LogP contribution in [0.2, 0.25) is 0 Å². The molecule has 1 rings (SSSR count). The van der Waals surface area contributed by atoms with E-state index in [2.05, 4.69) is 24.5 Å². The molecule has 0 aromatic heterocycles. The maximum absolute atomic E-state index is 14.4. The first kappa shape index (κ1) is 45.3. The van der Waals surface area contributed by atoms with E-state index in [1.807, 2.05) is 0 Å². The average molecular weight is 693 g/mol. The summed E-state index contributed by atoms with van der Waals surface area (Å²) in [4.78, 5) is 24.6. The lowest BCUT2D eigenvalue weighted by Gasteiger charge is -2.14. The fourth-order valence-electron chi connectivity index (χ4n) is 7.07. The maximum Gasteiger partial charge on any atom is 0.279 e. The van der Waals surface area contributed by atoms with Crippen molar-refractivity contribution in [3.05, 3.63) is 23.8 Å². The van der Waals surface area contributed by atoms with E-state index in [-0.39, 0.29) is 12.1 Å². The number of allylic oxidation sites excluding steroid dienone is 2. The lowest BCUT2D eigenvalue weighted by Crippen LogP contribution is -2.37. The van der Waals surface area contributed by atoms with Gasteiger partial charge in [0, 0.05) is 12.1 Å². The summed E-state index contributed by atoms with van der Waals surface area (Å²) in [6.45, 7) is 4.52. The second-order valence-electron chi connectivity index (χ2n) is 15.0. The Balaban J connectivity index is 2.02. The molecule has 0 spiro atoms. The summed E-state index contributed by atoms with van der Waals surface area (Å²) in [7, 11) is 0. The van der Waals surface area contributed by atoms with Crippen LogP contribution in [0.3, 0.4) is 0 Å². The molecule has 1 aliphatic rings. The predicted molar refractivity (Wildman–Crippen MR) is 206 cm³/mol. The molecule has 2 N–H and O–H groups in total. The van der Waals surface area contributed by atoms with Crippen LogP contribution in [-0.2, 0) is 9.59 Å². The third-order valence-electron chi connectivity index (χ3n) is 10.3. The van der Waals surface area contributed by atoms with Gasteiger partial charge in [0.05, 0.1) is 0 Å². The van der Waals surface area contributed by atoms with Crippen molar-refractivity contribution in [3.63, 3.8) is 0 Å². The first-order valence-corrected chi connectivity index (χ1v) is 21.3. The van der Waals surface area contributed by atoms with Gasteiger partial charge in [-0.2, -0.15) is 0 Å². The predicted octanol–water partition coefficient (Wildman–Crippen LogP) is 13.6. The second kappa shape index (κ2) is 33.4. The van der Waals surface area contributed by atoms with Gasteiger partial charge in [0.2, 0.25) is 0 Å². The Morgan fingerprint density at radius 3 is 0.959 bits per heavy atom. The van der Waals surface area contributed by atoms with Crippen LogP contribution >= 0.6 is 0 Å². The van der Waals surface area contributed by atoms with Gasteiger partial charge in [0.1, 0.15) is 0 Å². The van der Waals surface area contributed by atoms with Crippen molar-refractivity contribution in [2.75, 3.05) is 0 Å². The Bertz CT molecular complexity index is 791. The van der Waals surface area contributed by atoms with Crippen LogP contribution in [-0.4, -0.2) is 23.9 Å². The summed E-state index contributed by atoms with van der Waals surface area (Å²) in [5.74, 6) is -2.80. The van der Waals surface area contributed by atoms with Crippen LogP contribution in [0.15, 0.2) is 23.8 Å². The summed E-state index contributed by atoms with van der Waals surface area (Å²) in [5.41, 5.74) is 0. The quantitative estimate of drug-likeness (QED) is 0.0521. The zero-order valence-electron chi connectivity index (χ0n) is 32.2. The zero-order valence-corrected chi connectivity index (χ0v) is 32.2. The number of nitrogens with one attached hydrogen (secondary N) is 2. The van der Waals surface area contributed by atoms with Crippen LogP contribution in [0.1, 0.15) is 226 Å². The van der Waals surface area contributed by atoms with Crippen molar-refractivity contribution in [1.29, 1.82) is 0 Å². The molecular weight excluding hydrogens is 614 g/mol. The minimum absolute atomic E-state index is 0.208. The van der Waals surface area contributed by atoms with Gasteiger partial charge >= 0.3 is 0 Å². The Labute approximate surface area is 301 Å². The van der Waals surface area contributed by atoms with Gasteiger partial charge in [0.25, 0.3) is 11.8 Å². The normalized spacial score (nSPS) is 16.7. The SMILES string of the molecule is CCCCCCCCCCCCCCCC/C=C(\F)C(=O)N[C@@H]1CC[C@H](NC(=O)/C(F)=C\CCCCCCCCCCCCCCCC)C1. The van der Waals surface area contributed by atoms with Crippen molar-refractivity contribution < 1.29 is 18.4 Å². The van der Waals surface area contributed by atoms with E-state index in [4.69, 9.17) is 0 Å². The summed E-state index contributed by atoms with van der Waals surface area (Å²) in [6, 6.07) is -0.416. The number of carbonyl (C=O) groups excluding carboxylic acids is 2. The van der Waals surface area contributed by atoms with Crippen LogP contribution in [0.5, 0.6) is 0 Å². The van der Waals surface area contributed by atoms with E-state index >= 15 is 0 Å². The van der Waals surface area contributed by atoms with Crippen molar-refractivity contribution in [2.24, 2.45) is 0 Å². The van der Waals surface area contributed by atoms with Gasteiger partial charge in [-0.25, -0.2) is 8.78 Å². The highest BCUT2D eigenvalue weighted by Crippen LogP contribution is 2.21. The highest BCUT2D eigenvalue weighted by atomic mass is 19.1. The smallest absolute Gasteiger partial charge is 0.279 e. The number of amides is 2. The van der Waals surface area contributed by atoms with Crippen molar-refractivity contribution in [1.82, 2.24) is 10.6 Å². The number of carbonyl (C=O) groups is 2. The molecule has 49 heavy (non-hydrogen) atoms. The van der Waals surface area contributed by atoms with Crippen molar-refractivity contribution >= 4 is 11.8 Å². The van der Waals surface area contributed by atoms with Crippen LogP contribution < -0.4 is 10.6 Å². The van der Waals surface area contributed by atoms with Crippen LogP contribution in [0.25, 0.3) is 0 Å². The second-order valence-corrected chi connectivity index (χ2v) is 15.0. The molecule has 6 heteroatoms. The highest BCUT2D eigenvalue weighted by molar-refractivity contribution is 5.92. The molecule has 0 aromatic carbocycles. The molecule has 0 bridgehead atoms. The van der Waals surface area contributed by atoms with Gasteiger partial charge in [-0.05, 0) is 57.1 Å². The number of hydrogen-bond acceptors (Lipinski definition) is 2. The summed E-state index contributed by atoms with van der Waals surface area (Å²) in [5, 5.41) is 5.51. The molecule has 1 aliphatic carbocycles. The summed E-state index contributed by atoms with van der Waals surface area (Å²) in [6.07, 6.45) is 41.6. The summed E-state index contributed by atoms with van der Waals surface area (Å²) < 4.78 is 28.8. The molecule has 1 saturated carbocycles. The molecule has 2 atom stereocenters. The zero-order chi connectivity index (χ0) is 35.6. The van der Waals surface area contributed by atoms with Crippen LogP contribution in [0.4, 0.5) is 8.78 Å². The minimum Gasteiger partial charge on any atom is -0.347 e. The summed E-state index contributed by atoms with van der Waals surface area (Å²) >= 11 is 0. The number of unbranched alkanes of at least 4 members (excludes halogenated alkanes) is 28. The molecule has 0 saturated heterocycles.